The molecule has 0 spiro atoms. The van der Waals surface area contributed by atoms with Crippen molar-refractivity contribution in [3.8, 4) is 16.9 Å². The largest absolute Gasteiger partial charge is 0.298 e. The number of hydrogen-bond acceptors (Lipinski definition) is 3. The Kier molecular flexibility index (Phi) is 4.17. The number of aromatic nitrogens is 2. The van der Waals surface area contributed by atoms with E-state index in [0.29, 0.717) is 21.3 Å². The molecule has 3 rings (SSSR count). The minimum Gasteiger partial charge on any atom is -0.298 e. The fourth-order valence-electron chi connectivity index (χ4n) is 1.89. The van der Waals surface area contributed by atoms with E-state index in [9.17, 15) is 4.79 Å². The van der Waals surface area contributed by atoms with E-state index in [1.54, 1.807) is 29.1 Å². The normalized spacial score (nSPS) is 10.8. The van der Waals surface area contributed by atoms with Crippen molar-refractivity contribution in [1.29, 1.82) is 0 Å². The smallest absolute Gasteiger partial charge is 0.153 e. The molecular weight excluding hydrogens is 395 g/mol. The first-order chi connectivity index (χ1) is 10.1. The molecule has 0 aliphatic heterocycles. The van der Waals surface area contributed by atoms with Gasteiger partial charge < -0.3 is 0 Å². The topological polar surface area (TPSA) is 34.9 Å². The zero-order chi connectivity index (χ0) is 15.0. The maximum atomic E-state index is 11.3. The van der Waals surface area contributed by atoms with Crippen LogP contribution in [-0.4, -0.2) is 16.1 Å². The van der Waals surface area contributed by atoms with Crippen LogP contribution >= 0.6 is 50.5 Å². The third-order valence-electron chi connectivity index (χ3n) is 2.91. The van der Waals surface area contributed by atoms with Crippen molar-refractivity contribution in [2.24, 2.45) is 0 Å². The molecule has 0 amide bonds. The molecule has 106 valence electrons. The van der Waals surface area contributed by atoms with E-state index >= 15 is 0 Å². The molecule has 0 radical (unpaired) electrons. The van der Waals surface area contributed by atoms with Crippen molar-refractivity contribution in [3.05, 3.63) is 55.2 Å². The maximum absolute atomic E-state index is 11.3. The summed E-state index contributed by atoms with van der Waals surface area (Å²) in [4.78, 5) is 11.3. The molecule has 2 heterocycles. The Bertz CT molecular complexity index is 828. The Morgan fingerprint density at radius 3 is 2.67 bits per heavy atom. The van der Waals surface area contributed by atoms with Crippen LogP contribution in [-0.2, 0) is 0 Å². The van der Waals surface area contributed by atoms with E-state index in [-0.39, 0.29) is 0 Å². The van der Waals surface area contributed by atoms with Gasteiger partial charge in [0.1, 0.15) is 5.69 Å². The lowest BCUT2D eigenvalue weighted by Crippen LogP contribution is -1.94. The van der Waals surface area contributed by atoms with E-state index in [1.165, 1.54) is 11.3 Å². The summed E-state index contributed by atoms with van der Waals surface area (Å²) in [5.74, 6) is 0. The Hall–Kier alpha value is -1.14. The van der Waals surface area contributed by atoms with Crippen molar-refractivity contribution in [2.45, 2.75) is 0 Å². The molecule has 3 nitrogen and oxygen atoms in total. The highest BCUT2D eigenvalue weighted by molar-refractivity contribution is 9.10. The van der Waals surface area contributed by atoms with Crippen molar-refractivity contribution in [2.75, 3.05) is 0 Å². The number of halogens is 3. The number of carbonyl (C=O) groups is 1. The van der Waals surface area contributed by atoms with Crippen LogP contribution < -0.4 is 0 Å². The first-order valence-electron chi connectivity index (χ1n) is 5.82. The fourth-order valence-corrected chi connectivity index (χ4v) is 3.65. The van der Waals surface area contributed by atoms with Gasteiger partial charge in [0.25, 0.3) is 0 Å². The lowest BCUT2D eigenvalue weighted by Gasteiger charge is -2.02. The molecule has 7 heteroatoms. The van der Waals surface area contributed by atoms with Gasteiger partial charge in [-0.1, -0.05) is 23.2 Å². The molecule has 0 saturated carbocycles. The molecule has 0 unspecified atom stereocenters. The van der Waals surface area contributed by atoms with Gasteiger partial charge in [0.05, 0.1) is 21.3 Å². The van der Waals surface area contributed by atoms with Crippen LogP contribution in [0.25, 0.3) is 16.9 Å². The fraction of sp³-hybridized carbons (Fsp3) is 0. The zero-order valence-corrected chi connectivity index (χ0v) is 14.3. The zero-order valence-electron chi connectivity index (χ0n) is 10.4. The maximum Gasteiger partial charge on any atom is 0.153 e. The van der Waals surface area contributed by atoms with Gasteiger partial charge in [0.2, 0.25) is 0 Å². The minimum atomic E-state index is 0.440. The Labute approximate surface area is 143 Å². The molecular formula is C14H7BrCl2N2OS. The van der Waals surface area contributed by atoms with E-state index in [4.69, 9.17) is 23.2 Å². The molecule has 0 fully saturated rings. The summed E-state index contributed by atoms with van der Waals surface area (Å²) in [5, 5.41) is 9.29. The second kappa shape index (κ2) is 5.93. The lowest BCUT2D eigenvalue weighted by molar-refractivity contribution is 0.112. The third-order valence-corrected chi connectivity index (χ3v) is 5.35. The second-order valence-electron chi connectivity index (χ2n) is 4.23. The number of carbonyl (C=O) groups excluding carboxylic acids is 1. The molecule has 0 N–H and O–H groups in total. The average molecular weight is 402 g/mol. The van der Waals surface area contributed by atoms with Crippen LogP contribution in [0.1, 0.15) is 10.4 Å². The van der Waals surface area contributed by atoms with Gasteiger partial charge in [-0.05, 0) is 34.1 Å². The van der Waals surface area contributed by atoms with Gasteiger partial charge in [-0.3, -0.25) is 4.79 Å². The quantitative estimate of drug-likeness (QED) is 0.544. The van der Waals surface area contributed by atoms with Crippen LogP contribution in [0.5, 0.6) is 0 Å². The predicted octanol–water partition coefficient (Wildman–Crippen LogP) is 5.48. The van der Waals surface area contributed by atoms with Crippen LogP contribution in [0, 0.1) is 0 Å². The highest BCUT2D eigenvalue weighted by Gasteiger charge is 2.15. The molecule has 2 aromatic heterocycles. The second-order valence-corrected chi connectivity index (χ2v) is 6.64. The number of aldehydes is 1. The van der Waals surface area contributed by atoms with Crippen molar-refractivity contribution >= 4 is 56.8 Å². The number of rotatable bonds is 3. The first-order valence-corrected chi connectivity index (χ1v) is 8.31. The van der Waals surface area contributed by atoms with E-state index < -0.39 is 0 Å². The van der Waals surface area contributed by atoms with Gasteiger partial charge in [0.15, 0.2) is 6.29 Å². The molecule has 21 heavy (non-hydrogen) atoms. The Morgan fingerprint density at radius 2 is 2.05 bits per heavy atom. The summed E-state index contributed by atoms with van der Waals surface area (Å²) in [5.41, 5.74) is 2.77. The Balaban J connectivity index is 2.13. The number of thiophene rings is 1. The standard InChI is InChI=1S/C14H7BrCl2N2OS/c15-11-7-21-6-10(11)14-8(5-20)4-19(18-14)9-1-2-12(16)13(17)3-9/h1-7H. The third kappa shape index (κ3) is 2.79. The highest BCUT2D eigenvalue weighted by atomic mass is 79.9. The van der Waals surface area contributed by atoms with Crippen LogP contribution in [0.2, 0.25) is 10.0 Å². The summed E-state index contributed by atoms with van der Waals surface area (Å²) >= 11 is 16.9. The molecule has 3 aromatic rings. The Morgan fingerprint density at radius 1 is 1.24 bits per heavy atom. The van der Waals surface area contributed by atoms with Gasteiger partial charge in [0, 0.05) is 27.0 Å². The predicted molar refractivity (Wildman–Crippen MR) is 90.0 cm³/mol. The summed E-state index contributed by atoms with van der Waals surface area (Å²) in [6.07, 6.45) is 2.46. The van der Waals surface area contributed by atoms with Crippen LogP contribution in [0.3, 0.4) is 0 Å². The van der Waals surface area contributed by atoms with Crippen molar-refractivity contribution in [3.63, 3.8) is 0 Å². The summed E-state index contributed by atoms with van der Waals surface area (Å²) in [7, 11) is 0. The number of benzene rings is 1. The van der Waals surface area contributed by atoms with Gasteiger partial charge in [-0.15, -0.1) is 0 Å². The van der Waals surface area contributed by atoms with E-state index in [0.717, 1.165) is 22.0 Å². The summed E-state index contributed by atoms with van der Waals surface area (Å²) in [6.45, 7) is 0. The van der Waals surface area contributed by atoms with Crippen molar-refractivity contribution < 1.29 is 4.79 Å². The van der Waals surface area contributed by atoms with Crippen LogP contribution in [0.15, 0.2) is 39.6 Å². The molecule has 1 aromatic carbocycles. The van der Waals surface area contributed by atoms with E-state index in [1.807, 2.05) is 10.8 Å². The van der Waals surface area contributed by atoms with Gasteiger partial charge >= 0.3 is 0 Å². The summed E-state index contributed by atoms with van der Waals surface area (Å²) in [6, 6.07) is 5.20. The molecule has 0 aliphatic carbocycles. The molecule has 0 saturated heterocycles. The molecule has 0 aliphatic rings. The first kappa shape index (κ1) is 14.8. The SMILES string of the molecule is O=Cc1cn(-c2ccc(Cl)c(Cl)c2)nc1-c1cscc1Br. The van der Waals surface area contributed by atoms with Gasteiger partial charge in [-0.25, -0.2) is 4.68 Å². The van der Waals surface area contributed by atoms with E-state index in [2.05, 4.69) is 21.0 Å². The van der Waals surface area contributed by atoms with Crippen molar-refractivity contribution in [1.82, 2.24) is 9.78 Å². The minimum absolute atomic E-state index is 0.440. The van der Waals surface area contributed by atoms with Gasteiger partial charge in [-0.2, -0.15) is 16.4 Å². The van der Waals surface area contributed by atoms with Crippen LogP contribution in [0.4, 0.5) is 0 Å². The number of hydrogen-bond donors (Lipinski definition) is 0. The lowest BCUT2D eigenvalue weighted by atomic mass is 10.2. The highest BCUT2D eigenvalue weighted by Crippen LogP contribution is 2.33. The molecule has 0 atom stereocenters. The average Bonchev–Trinajstić information content (AvgIpc) is 3.07. The monoisotopic (exact) mass is 400 g/mol. The number of nitrogens with zero attached hydrogens (tertiary/aromatic N) is 2. The summed E-state index contributed by atoms with van der Waals surface area (Å²) < 4.78 is 2.53. The molecule has 0 bridgehead atoms.